The summed E-state index contributed by atoms with van der Waals surface area (Å²) >= 11 is 0. The maximum absolute atomic E-state index is 11.4. The summed E-state index contributed by atoms with van der Waals surface area (Å²) in [6.07, 6.45) is 4.92. The van der Waals surface area contributed by atoms with Gasteiger partial charge in [-0.05, 0) is 19.9 Å². The van der Waals surface area contributed by atoms with E-state index in [9.17, 15) is 9.59 Å². The highest BCUT2D eigenvalue weighted by atomic mass is 16.6. The highest BCUT2D eigenvalue weighted by Gasteiger charge is 2.17. The number of allylic oxidation sites excluding steroid dienone is 4. The van der Waals surface area contributed by atoms with E-state index in [1.807, 2.05) is 0 Å². The summed E-state index contributed by atoms with van der Waals surface area (Å²) in [5.41, 5.74) is 0.548. The molecule has 0 aromatic rings. The third kappa shape index (κ3) is 6.19. The molecule has 0 aromatic carbocycles. The Labute approximate surface area is 101 Å². The molecule has 0 bridgehead atoms. The summed E-state index contributed by atoms with van der Waals surface area (Å²) in [5, 5.41) is 2.47. The van der Waals surface area contributed by atoms with E-state index >= 15 is 0 Å². The van der Waals surface area contributed by atoms with Gasteiger partial charge in [0.1, 0.15) is 0 Å². The summed E-state index contributed by atoms with van der Waals surface area (Å²) in [6, 6.07) is 0. The molecule has 0 aliphatic heterocycles. The monoisotopic (exact) mass is 239 g/mol. The minimum absolute atomic E-state index is 0.548. The number of methoxy groups -OCH3 is 1. The highest BCUT2D eigenvalue weighted by molar-refractivity contribution is 5.79. The second-order valence-corrected chi connectivity index (χ2v) is 3.03. The van der Waals surface area contributed by atoms with Crippen LogP contribution in [0.15, 0.2) is 36.6 Å². The zero-order valence-electron chi connectivity index (χ0n) is 10.2. The molecule has 0 rings (SSSR count). The Morgan fingerprint density at radius 2 is 2.06 bits per heavy atom. The molecule has 94 valence electrons. The lowest BCUT2D eigenvalue weighted by molar-refractivity contribution is -0.149. The van der Waals surface area contributed by atoms with Crippen molar-refractivity contribution >= 4 is 12.1 Å². The van der Waals surface area contributed by atoms with Crippen LogP contribution in [-0.4, -0.2) is 25.3 Å². The average molecular weight is 239 g/mol. The SMILES string of the molecule is C=C/C=C\C(=C/C)NC(=O)OC(C)C(=O)OC. The molecule has 5 nitrogen and oxygen atoms in total. The molecule has 1 atom stereocenters. The minimum atomic E-state index is -0.943. The smallest absolute Gasteiger partial charge is 0.412 e. The fraction of sp³-hybridized carbons (Fsp3) is 0.333. The van der Waals surface area contributed by atoms with E-state index in [1.165, 1.54) is 14.0 Å². The van der Waals surface area contributed by atoms with Crippen LogP contribution in [0.2, 0.25) is 0 Å². The third-order valence-corrected chi connectivity index (χ3v) is 1.79. The average Bonchev–Trinajstić information content (AvgIpc) is 2.32. The number of alkyl carbamates (subject to hydrolysis) is 1. The van der Waals surface area contributed by atoms with Crippen LogP contribution >= 0.6 is 0 Å². The molecule has 0 saturated heterocycles. The lowest BCUT2D eigenvalue weighted by atomic mass is 10.3. The van der Waals surface area contributed by atoms with Crippen LogP contribution in [0.25, 0.3) is 0 Å². The van der Waals surface area contributed by atoms with Crippen LogP contribution in [0.5, 0.6) is 0 Å². The van der Waals surface area contributed by atoms with E-state index in [2.05, 4.69) is 16.6 Å². The van der Waals surface area contributed by atoms with Gasteiger partial charge in [-0.25, -0.2) is 9.59 Å². The number of carbonyl (C=O) groups excluding carboxylic acids is 2. The van der Waals surface area contributed by atoms with Crippen molar-refractivity contribution in [1.82, 2.24) is 5.32 Å². The largest absolute Gasteiger partial charge is 0.466 e. The van der Waals surface area contributed by atoms with Gasteiger partial charge in [-0.2, -0.15) is 0 Å². The van der Waals surface area contributed by atoms with E-state index in [1.54, 1.807) is 31.2 Å². The second kappa shape index (κ2) is 8.15. The van der Waals surface area contributed by atoms with Gasteiger partial charge in [0.25, 0.3) is 0 Å². The Hall–Kier alpha value is -2.04. The molecular formula is C12H17NO4. The Bertz CT molecular complexity index is 344. The molecule has 5 heteroatoms. The molecule has 1 N–H and O–H groups in total. The zero-order valence-corrected chi connectivity index (χ0v) is 10.2. The first-order valence-corrected chi connectivity index (χ1v) is 5.06. The van der Waals surface area contributed by atoms with Crippen molar-refractivity contribution in [1.29, 1.82) is 0 Å². The molecule has 0 fully saturated rings. The van der Waals surface area contributed by atoms with Crippen LogP contribution in [0.4, 0.5) is 4.79 Å². The van der Waals surface area contributed by atoms with Crippen molar-refractivity contribution < 1.29 is 19.1 Å². The summed E-state index contributed by atoms with van der Waals surface area (Å²) in [5.74, 6) is -0.608. The molecule has 0 aromatic heterocycles. The van der Waals surface area contributed by atoms with Crippen molar-refractivity contribution in [3.05, 3.63) is 36.6 Å². The van der Waals surface area contributed by atoms with Crippen molar-refractivity contribution in [3.8, 4) is 0 Å². The van der Waals surface area contributed by atoms with Gasteiger partial charge in [-0.15, -0.1) is 0 Å². The summed E-state index contributed by atoms with van der Waals surface area (Å²) < 4.78 is 9.21. The molecule has 0 saturated carbocycles. The molecule has 17 heavy (non-hydrogen) atoms. The number of hydrogen-bond acceptors (Lipinski definition) is 4. The highest BCUT2D eigenvalue weighted by Crippen LogP contribution is 1.98. The second-order valence-electron chi connectivity index (χ2n) is 3.03. The first-order valence-electron chi connectivity index (χ1n) is 5.06. The normalized spacial score (nSPS) is 13.0. The van der Waals surface area contributed by atoms with E-state index in [0.29, 0.717) is 5.70 Å². The molecule has 1 amide bonds. The number of amides is 1. The van der Waals surface area contributed by atoms with E-state index in [-0.39, 0.29) is 0 Å². The Kier molecular flexibility index (Phi) is 7.17. The van der Waals surface area contributed by atoms with Crippen LogP contribution < -0.4 is 5.32 Å². The van der Waals surface area contributed by atoms with Crippen molar-refractivity contribution in [2.45, 2.75) is 20.0 Å². The van der Waals surface area contributed by atoms with E-state index in [4.69, 9.17) is 4.74 Å². The molecular weight excluding hydrogens is 222 g/mol. The van der Waals surface area contributed by atoms with Gasteiger partial charge in [-0.3, -0.25) is 5.32 Å². The maximum atomic E-state index is 11.4. The number of carbonyl (C=O) groups is 2. The number of hydrogen-bond donors (Lipinski definition) is 1. The van der Waals surface area contributed by atoms with Gasteiger partial charge in [-0.1, -0.05) is 24.8 Å². The molecule has 1 unspecified atom stereocenters. The number of esters is 1. The van der Waals surface area contributed by atoms with Gasteiger partial charge >= 0.3 is 12.1 Å². The van der Waals surface area contributed by atoms with Crippen LogP contribution in [0.3, 0.4) is 0 Å². The third-order valence-electron chi connectivity index (χ3n) is 1.79. The maximum Gasteiger partial charge on any atom is 0.412 e. The van der Waals surface area contributed by atoms with Gasteiger partial charge in [0.2, 0.25) is 0 Å². The number of rotatable bonds is 5. The lowest BCUT2D eigenvalue weighted by Crippen LogP contribution is -2.31. The van der Waals surface area contributed by atoms with Crippen LogP contribution in [-0.2, 0) is 14.3 Å². The number of ether oxygens (including phenoxy) is 2. The van der Waals surface area contributed by atoms with Crippen LogP contribution in [0.1, 0.15) is 13.8 Å². The Morgan fingerprint density at radius 3 is 2.53 bits per heavy atom. The molecule has 0 aliphatic rings. The van der Waals surface area contributed by atoms with E-state index in [0.717, 1.165) is 0 Å². The summed E-state index contributed by atoms with van der Waals surface area (Å²) in [4.78, 5) is 22.4. The predicted molar refractivity (Wildman–Crippen MR) is 64.2 cm³/mol. The standard InChI is InChI=1S/C12H17NO4/c1-5-7-8-10(6-2)13-12(15)17-9(3)11(14)16-4/h5-9H,1H2,2-4H3,(H,13,15)/b8-7-,10-6+. The van der Waals surface area contributed by atoms with Gasteiger partial charge in [0.15, 0.2) is 6.10 Å². The van der Waals surface area contributed by atoms with Crippen LogP contribution in [0, 0.1) is 0 Å². The summed E-state index contributed by atoms with van der Waals surface area (Å²) in [6.45, 7) is 6.70. The molecule has 0 spiro atoms. The topological polar surface area (TPSA) is 64.6 Å². The minimum Gasteiger partial charge on any atom is -0.466 e. The zero-order chi connectivity index (χ0) is 13.3. The Balaban J connectivity index is 4.30. The molecule has 0 aliphatic carbocycles. The van der Waals surface area contributed by atoms with E-state index < -0.39 is 18.2 Å². The Morgan fingerprint density at radius 1 is 1.41 bits per heavy atom. The van der Waals surface area contributed by atoms with Crippen molar-refractivity contribution in [2.75, 3.05) is 7.11 Å². The lowest BCUT2D eigenvalue weighted by Gasteiger charge is -2.11. The summed E-state index contributed by atoms with van der Waals surface area (Å²) in [7, 11) is 1.23. The van der Waals surface area contributed by atoms with Gasteiger partial charge in [0.05, 0.1) is 7.11 Å². The molecule has 0 radical (unpaired) electrons. The molecule has 0 heterocycles. The fourth-order valence-corrected chi connectivity index (χ4v) is 0.904. The quantitative estimate of drug-likeness (QED) is 0.588. The fourth-order valence-electron chi connectivity index (χ4n) is 0.904. The van der Waals surface area contributed by atoms with Crippen molar-refractivity contribution in [2.24, 2.45) is 0 Å². The number of nitrogens with one attached hydrogen (secondary N) is 1. The van der Waals surface area contributed by atoms with Gasteiger partial charge < -0.3 is 9.47 Å². The first kappa shape index (κ1) is 15.0. The first-order chi connectivity index (χ1) is 8.04. The van der Waals surface area contributed by atoms with Gasteiger partial charge in [0, 0.05) is 5.70 Å². The van der Waals surface area contributed by atoms with Crippen molar-refractivity contribution in [3.63, 3.8) is 0 Å². The predicted octanol–water partition coefficient (Wildman–Crippen LogP) is 1.92.